The molecule has 0 fully saturated rings. The summed E-state index contributed by atoms with van der Waals surface area (Å²) in [6, 6.07) is 15.8. The quantitative estimate of drug-likeness (QED) is 0.418. The smallest absolute Gasteiger partial charge is 0.407 e. The van der Waals surface area contributed by atoms with Crippen LogP contribution in [0, 0.1) is 0 Å². The van der Waals surface area contributed by atoms with Gasteiger partial charge in [-0.05, 0) is 43.0 Å². The van der Waals surface area contributed by atoms with Gasteiger partial charge in [-0.15, -0.1) is 11.3 Å². The van der Waals surface area contributed by atoms with E-state index in [4.69, 9.17) is 9.84 Å². The lowest BCUT2D eigenvalue weighted by Gasteiger charge is -2.23. The molecule has 0 bridgehead atoms. The van der Waals surface area contributed by atoms with Gasteiger partial charge < -0.3 is 20.5 Å². The number of carbonyl (C=O) groups excluding carboxylic acids is 2. The Morgan fingerprint density at radius 1 is 1.09 bits per heavy atom. The van der Waals surface area contributed by atoms with E-state index in [2.05, 4.69) is 39.9 Å². The summed E-state index contributed by atoms with van der Waals surface area (Å²) in [6.45, 7) is 5.23. The van der Waals surface area contributed by atoms with E-state index in [0.717, 1.165) is 22.3 Å². The van der Waals surface area contributed by atoms with Gasteiger partial charge in [0.05, 0.1) is 12.5 Å². The third kappa shape index (κ3) is 5.51. The second kappa shape index (κ2) is 9.87. The summed E-state index contributed by atoms with van der Waals surface area (Å²) in [7, 11) is 0. The zero-order chi connectivity index (χ0) is 25.2. The highest BCUT2D eigenvalue weighted by atomic mass is 32.1. The maximum atomic E-state index is 12.5. The maximum Gasteiger partial charge on any atom is 0.407 e. The lowest BCUT2D eigenvalue weighted by Crippen LogP contribution is -2.45. The van der Waals surface area contributed by atoms with Gasteiger partial charge in [-0.3, -0.25) is 9.59 Å². The molecule has 1 aliphatic carbocycles. The Balaban J connectivity index is 1.35. The molecule has 0 saturated heterocycles. The van der Waals surface area contributed by atoms with Crippen LogP contribution in [0.1, 0.15) is 65.8 Å². The first kappa shape index (κ1) is 24.4. The number of thiazole rings is 1. The molecule has 3 N–H and O–H groups in total. The number of nitrogens with zero attached hydrogens (tertiary/aromatic N) is 1. The highest BCUT2D eigenvalue weighted by Gasteiger charge is 2.29. The van der Waals surface area contributed by atoms with Crippen molar-refractivity contribution >= 4 is 29.3 Å². The van der Waals surface area contributed by atoms with Crippen LogP contribution in [-0.4, -0.2) is 40.2 Å². The molecule has 8 nitrogen and oxygen atoms in total. The fraction of sp³-hybridized carbons (Fsp3) is 0.308. The van der Waals surface area contributed by atoms with Gasteiger partial charge in [0.1, 0.15) is 17.3 Å². The van der Waals surface area contributed by atoms with Gasteiger partial charge in [-0.2, -0.15) is 0 Å². The third-order valence-electron chi connectivity index (χ3n) is 5.85. The van der Waals surface area contributed by atoms with E-state index in [1.807, 2.05) is 24.3 Å². The lowest BCUT2D eigenvalue weighted by atomic mass is 9.98. The lowest BCUT2D eigenvalue weighted by molar-refractivity contribution is -0.138. The van der Waals surface area contributed by atoms with Crippen LogP contribution in [0.5, 0.6) is 0 Å². The minimum absolute atomic E-state index is 0.0345. The predicted molar refractivity (Wildman–Crippen MR) is 133 cm³/mol. The topological polar surface area (TPSA) is 118 Å². The summed E-state index contributed by atoms with van der Waals surface area (Å²) in [6.07, 6.45) is -0.779. The maximum absolute atomic E-state index is 12.5. The first-order valence-corrected chi connectivity index (χ1v) is 12.1. The molecular formula is C26H27N3O5S. The van der Waals surface area contributed by atoms with Crippen molar-refractivity contribution in [3.05, 3.63) is 75.7 Å². The first-order valence-electron chi connectivity index (χ1n) is 11.3. The number of carboxylic acids is 1. The second-order valence-corrected chi connectivity index (χ2v) is 10.1. The summed E-state index contributed by atoms with van der Waals surface area (Å²) < 4.78 is 5.58. The van der Waals surface area contributed by atoms with E-state index < -0.39 is 29.6 Å². The number of fused-ring (bicyclic) bond motifs is 3. The van der Waals surface area contributed by atoms with Crippen LogP contribution in [0.4, 0.5) is 4.79 Å². The molecule has 1 atom stereocenters. The Morgan fingerprint density at radius 3 is 2.29 bits per heavy atom. The van der Waals surface area contributed by atoms with E-state index in [0.29, 0.717) is 5.01 Å². The number of aromatic nitrogens is 1. The zero-order valence-corrected chi connectivity index (χ0v) is 20.5. The number of carboxylic acid groups (broad SMARTS) is 1. The number of aliphatic carboxylic acids is 1. The van der Waals surface area contributed by atoms with Crippen molar-refractivity contribution in [3.63, 3.8) is 0 Å². The molecular weight excluding hydrogens is 466 g/mol. The van der Waals surface area contributed by atoms with Crippen LogP contribution >= 0.6 is 11.3 Å². The van der Waals surface area contributed by atoms with Crippen LogP contribution in [-0.2, 0) is 9.53 Å². The summed E-state index contributed by atoms with van der Waals surface area (Å²) in [5, 5.41) is 16.6. The fourth-order valence-electron chi connectivity index (χ4n) is 4.26. The third-order valence-corrected chi connectivity index (χ3v) is 6.88. The Bertz CT molecular complexity index is 1220. The molecule has 182 valence electrons. The van der Waals surface area contributed by atoms with E-state index in [1.165, 1.54) is 11.3 Å². The van der Waals surface area contributed by atoms with Crippen molar-refractivity contribution in [1.82, 2.24) is 15.6 Å². The number of nitrogens with one attached hydrogen (secondary N) is 2. The molecule has 2 amide bonds. The normalized spacial score (nSPS) is 13.5. The number of benzene rings is 2. The molecule has 0 aliphatic heterocycles. The molecule has 1 aromatic heterocycles. The number of rotatable bonds is 8. The molecule has 35 heavy (non-hydrogen) atoms. The van der Waals surface area contributed by atoms with Gasteiger partial charge in [0.15, 0.2) is 0 Å². The Hall–Kier alpha value is -3.72. The van der Waals surface area contributed by atoms with E-state index in [9.17, 15) is 14.4 Å². The number of carbonyl (C=O) groups is 3. The van der Waals surface area contributed by atoms with Crippen LogP contribution in [0.25, 0.3) is 11.1 Å². The molecule has 3 aromatic rings. The Labute approximate surface area is 207 Å². The minimum atomic E-state index is -1.00. The van der Waals surface area contributed by atoms with Crippen LogP contribution in [0.3, 0.4) is 0 Å². The standard InChI is InChI=1S/C26H27N3O5S/c1-15(24-28-21(14-35-24)23(32)29-26(2,3)12-22(30)31)27-25(33)34-13-20-18-10-6-4-8-16(18)17-9-5-7-11-19(17)20/h4-11,14-15,20H,12-13H2,1-3H3,(H,27,33)(H,29,32)(H,30,31). The largest absolute Gasteiger partial charge is 0.481 e. The number of alkyl carbamates (subject to hydrolysis) is 1. The van der Waals surface area contributed by atoms with Crippen molar-refractivity contribution in [2.24, 2.45) is 0 Å². The number of hydrogen-bond donors (Lipinski definition) is 3. The van der Waals surface area contributed by atoms with Gasteiger partial charge in [0, 0.05) is 16.8 Å². The SMILES string of the molecule is CC(NC(=O)OCC1c2ccccc2-c2ccccc21)c1nc(C(=O)NC(C)(C)CC(=O)O)cs1. The zero-order valence-electron chi connectivity index (χ0n) is 19.7. The van der Waals surface area contributed by atoms with Gasteiger partial charge in [0.25, 0.3) is 5.91 Å². The molecule has 4 rings (SSSR count). The fourth-order valence-corrected chi connectivity index (χ4v) is 5.07. The molecule has 1 unspecified atom stereocenters. The van der Waals surface area contributed by atoms with Crippen LogP contribution in [0.2, 0.25) is 0 Å². The van der Waals surface area contributed by atoms with E-state index in [1.54, 1.807) is 26.2 Å². The monoisotopic (exact) mass is 493 g/mol. The first-order chi connectivity index (χ1) is 16.6. The molecule has 0 radical (unpaired) electrons. The van der Waals surface area contributed by atoms with Crippen molar-refractivity contribution < 1.29 is 24.2 Å². The van der Waals surface area contributed by atoms with Crippen molar-refractivity contribution in [2.75, 3.05) is 6.61 Å². The van der Waals surface area contributed by atoms with E-state index in [-0.39, 0.29) is 24.6 Å². The van der Waals surface area contributed by atoms with Crippen molar-refractivity contribution in [3.8, 4) is 11.1 Å². The van der Waals surface area contributed by atoms with Crippen molar-refractivity contribution in [1.29, 1.82) is 0 Å². The van der Waals surface area contributed by atoms with Crippen LogP contribution < -0.4 is 10.6 Å². The minimum Gasteiger partial charge on any atom is -0.481 e. The average Bonchev–Trinajstić information content (AvgIpc) is 3.40. The molecule has 2 aromatic carbocycles. The number of amides is 2. The van der Waals surface area contributed by atoms with Gasteiger partial charge in [-0.1, -0.05) is 48.5 Å². The number of hydrogen-bond acceptors (Lipinski definition) is 6. The predicted octanol–water partition coefficient (Wildman–Crippen LogP) is 4.73. The molecule has 0 spiro atoms. The van der Waals surface area contributed by atoms with E-state index >= 15 is 0 Å². The second-order valence-electron chi connectivity index (χ2n) is 9.17. The summed E-state index contributed by atoms with van der Waals surface area (Å²) in [5.41, 5.74) is 3.84. The highest BCUT2D eigenvalue weighted by molar-refractivity contribution is 7.09. The molecule has 1 heterocycles. The summed E-state index contributed by atoms with van der Waals surface area (Å²) in [5.74, 6) is -1.50. The summed E-state index contributed by atoms with van der Waals surface area (Å²) >= 11 is 1.23. The Kier molecular flexibility index (Phi) is 6.88. The average molecular weight is 494 g/mol. The van der Waals surface area contributed by atoms with Gasteiger partial charge in [-0.25, -0.2) is 9.78 Å². The van der Waals surface area contributed by atoms with Gasteiger partial charge in [0.2, 0.25) is 0 Å². The summed E-state index contributed by atoms with van der Waals surface area (Å²) in [4.78, 5) is 40.3. The highest BCUT2D eigenvalue weighted by Crippen LogP contribution is 2.44. The van der Waals surface area contributed by atoms with Crippen molar-refractivity contribution in [2.45, 2.75) is 44.7 Å². The molecule has 1 aliphatic rings. The number of ether oxygens (including phenoxy) is 1. The van der Waals surface area contributed by atoms with Crippen LogP contribution in [0.15, 0.2) is 53.9 Å². The Morgan fingerprint density at radius 2 is 1.69 bits per heavy atom. The van der Waals surface area contributed by atoms with Gasteiger partial charge >= 0.3 is 12.1 Å². The molecule has 0 saturated carbocycles. The molecule has 9 heteroatoms.